The third-order valence-corrected chi connectivity index (χ3v) is 5.68. The van der Waals surface area contributed by atoms with E-state index >= 15 is 0 Å². The number of carbonyl (C=O) groups excluding carboxylic acids is 2. The fourth-order valence-corrected chi connectivity index (χ4v) is 3.85. The smallest absolute Gasteiger partial charge is 0.410 e. The lowest BCUT2D eigenvalue weighted by atomic mass is 9.95. The quantitative estimate of drug-likeness (QED) is 0.548. The van der Waals surface area contributed by atoms with Gasteiger partial charge in [0.2, 0.25) is 0 Å². The number of hydrogen-bond donors (Lipinski definition) is 2. The second kappa shape index (κ2) is 10.8. The van der Waals surface area contributed by atoms with E-state index in [0.717, 1.165) is 16.0 Å². The number of esters is 1. The van der Waals surface area contributed by atoms with E-state index in [1.807, 2.05) is 30.3 Å². The molecule has 2 atom stereocenters. The van der Waals surface area contributed by atoms with Crippen LogP contribution < -0.4 is 10.1 Å². The van der Waals surface area contributed by atoms with Crippen LogP contribution in [0.15, 0.2) is 54.6 Å². The Labute approximate surface area is 205 Å². The van der Waals surface area contributed by atoms with Crippen molar-refractivity contribution in [2.24, 2.45) is 0 Å². The number of benzene rings is 2. The van der Waals surface area contributed by atoms with E-state index in [9.17, 15) is 19.5 Å². The summed E-state index contributed by atoms with van der Waals surface area (Å²) in [6.07, 6.45) is -0.938. The standard InChI is InChI=1S/C26H32N2O7/c1-25(2,3)35-22(29)21-14-26(23(30)31,27-15-18-10-12-20(33-4)13-11-18)17-28(21)24(32)34-16-19-8-6-5-7-9-19/h5-13,21,27H,14-17H2,1-4H3,(H,30,31). The van der Waals surface area contributed by atoms with Gasteiger partial charge in [-0.2, -0.15) is 0 Å². The zero-order valence-corrected chi connectivity index (χ0v) is 20.4. The number of carboxylic acids is 1. The average molecular weight is 485 g/mol. The molecule has 1 fully saturated rings. The van der Waals surface area contributed by atoms with E-state index in [2.05, 4.69) is 5.32 Å². The Kier molecular flexibility index (Phi) is 8.01. The van der Waals surface area contributed by atoms with Crippen molar-refractivity contribution in [2.45, 2.75) is 57.5 Å². The van der Waals surface area contributed by atoms with Gasteiger partial charge in [0.25, 0.3) is 0 Å². The molecule has 0 saturated carbocycles. The summed E-state index contributed by atoms with van der Waals surface area (Å²) in [5.41, 5.74) is -0.768. The van der Waals surface area contributed by atoms with Crippen LogP contribution in [0.1, 0.15) is 38.3 Å². The molecular formula is C26H32N2O7. The molecule has 0 aromatic heterocycles. The Hall–Kier alpha value is -3.59. The highest BCUT2D eigenvalue weighted by Gasteiger charge is 2.54. The minimum atomic E-state index is -1.56. The molecule has 2 aromatic rings. The summed E-state index contributed by atoms with van der Waals surface area (Å²) >= 11 is 0. The molecule has 35 heavy (non-hydrogen) atoms. The van der Waals surface area contributed by atoms with Gasteiger partial charge in [0, 0.05) is 13.0 Å². The number of nitrogens with one attached hydrogen (secondary N) is 1. The van der Waals surface area contributed by atoms with Gasteiger partial charge < -0.3 is 19.3 Å². The zero-order valence-electron chi connectivity index (χ0n) is 20.4. The van der Waals surface area contributed by atoms with Crippen molar-refractivity contribution in [3.05, 3.63) is 65.7 Å². The van der Waals surface area contributed by atoms with E-state index in [1.165, 1.54) is 0 Å². The van der Waals surface area contributed by atoms with Gasteiger partial charge >= 0.3 is 18.0 Å². The van der Waals surface area contributed by atoms with Crippen molar-refractivity contribution in [3.8, 4) is 5.75 Å². The van der Waals surface area contributed by atoms with Crippen LogP contribution in [0.5, 0.6) is 5.75 Å². The monoisotopic (exact) mass is 484 g/mol. The van der Waals surface area contributed by atoms with Gasteiger partial charge in [0.05, 0.1) is 13.7 Å². The molecular weight excluding hydrogens is 452 g/mol. The van der Waals surface area contributed by atoms with Crippen LogP contribution in [0, 0.1) is 0 Å². The van der Waals surface area contributed by atoms with Gasteiger partial charge in [-0.1, -0.05) is 42.5 Å². The number of carboxylic acid groups (broad SMARTS) is 1. The first-order valence-electron chi connectivity index (χ1n) is 11.3. The molecule has 0 bridgehead atoms. The van der Waals surface area contributed by atoms with Crippen LogP contribution in [-0.2, 0) is 32.2 Å². The molecule has 1 aliphatic heterocycles. The molecule has 2 aromatic carbocycles. The topological polar surface area (TPSA) is 114 Å². The molecule has 0 aliphatic carbocycles. The predicted octanol–water partition coefficient (Wildman–Crippen LogP) is 3.36. The SMILES string of the molecule is COc1ccc(CNC2(C(=O)O)CC(C(=O)OC(C)(C)C)N(C(=O)OCc3ccccc3)C2)cc1. The molecule has 9 heteroatoms. The number of carbonyl (C=O) groups is 3. The fraction of sp³-hybridized carbons (Fsp3) is 0.423. The van der Waals surface area contributed by atoms with Crippen LogP contribution >= 0.6 is 0 Å². The first-order chi connectivity index (χ1) is 16.5. The summed E-state index contributed by atoms with van der Waals surface area (Å²) < 4.78 is 16.1. The van der Waals surface area contributed by atoms with Crippen molar-refractivity contribution in [1.29, 1.82) is 0 Å². The minimum absolute atomic E-state index is 0.00341. The Balaban J connectivity index is 1.80. The van der Waals surface area contributed by atoms with Gasteiger partial charge in [-0.05, 0) is 44.0 Å². The number of nitrogens with zero attached hydrogens (tertiary/aromatic N) is 1. The third kappa shape index (κ3) is 6.73. The van der Waals surface area contributed by atoms with Crippen molar-refractivity contribution < 1.29 is 33.7 Å². The number of ether oxygens (including phenoxy) is 3. The molecule has 188 valence electrons. The molecule has 1 amide bonds. The Bertz CT molecular complexity index is 1030. The first-order valence-corrected chi connectivity index (χ1v) is 11.3. The highest BCUT2D eigenvalue weighted by atomic mass is 16.6. The zero-order chi connectivity index (χ0) is 25.6. The molecule has 1 aliphatic rings. The summed E-state index contributed by atoms with van der Waals surface area (Å²) in [5, 5.41) is 13.2. The summed E-state index contributed by atoms with van der Waals surface area (Å²) in [7, 11) is 1.56. The van der Waals surface area contributed by atoms with Crippen molar-refractivity contribution in [2.75, 3.05) is 13.7 Å². The second-order valence-electron chi connectivity index (χ2n) is 9.51. The second-order valence-corrected chi connectivity index (χ2v) is 9.51. The van der Waals surface area contributed by atoms with Gasteiger partial charge in [-0.25, -0.2) is 9.59 Å². The third-order valence-electron chi connectivity index (χ3n) is 5.68. The lowest BCUT2D eigenvalue weighted by molar-refractivity contribution is -0.159. The van der Waals surface area contributed by atoms with Crippen LogP contribution in [0.25, 0.3) is 0 Å². The van der Waals surface area contributed by atoms with E-state index in [-0.39, 0.29) is 26.1 Å². The van der Waals surface area contributed by atoms with E-state index in [4.69, 9.17) is 14.2 Å². The first kappa shape index (κ1) is 26.0. The average Bonchev–Trinajstić information content (AvgIpc) is 3.23. The molecule has 1 heterocycles. The Morgan fingerprint density at radius 2 is 1.71 bits per heavy atom. The number of aliphatic carboxylic acids is 1. The van der Waals surface area contributed by atoms with Crippen molar-refractivity contribution >= 4 is 18.0 Å². The maximum absolute atomic E-state index is 13.0. The Morgan fingerprint density at radius 3 is 2.29 bits per heavy atom. The fourth-order valence-electron chi connectivity index (χ4n) is 3.85. The van der Waals surface area contributed by atoms with Crippen LogP contribution in [-0.4, -0.2) is 58.9 Å². The molecule has 9 nitrogen and oxygen atoms in total. The van der Waals surface area contributed by atoms with Crippen LogP contribution in [0.2, 0.25) is 0 Å². The van der Waals surface area contributed by atoms with E-state index in [0.29, 0.717) is 5.75 Å². The van der Waals surface area contributed by atoms with E-state index in [1.54, 1.807) is 52.1 Å². The minimum Gasteiger partial charge on any atom is -0.497 e. The number of rotatable bonds is 8. The number of amides is 1. The van der Waals surface area contributed by atoms with Gasteiger partial charge in [0.1, 0.15) is 29.5 Å². The van der Waals surface area contributed by atoms with Gasteiger partial charge in [0.15, 0.2) is 0 Å². The van der Waals surface area contributed by atoms with E-state index < -0.39 is 35.2 Å². The number of methoxy groups -OCH3 is 1. The molecule has 3 rings (SSSR count). The highest BCUT2D eigenvalue weighted by Crippen LogP contribution is 2.31. The van der Waals surface area contributed by atoms with Gasteiger partial charge in [-0.15, -0.1) is 0 Å². The summed E-state index contributed by atoms with van der Waals surface area (Å²) in [5.74, 6) is -1.17. The molecule has 2 N–H and O–H groups in total. The van der Waals surface area contributed by atoms with Crippen molar-refractivity contribution in [1.82, 2.24) is 10.2 Å². The van der Waals surface area contributed by atoms with Crippen LogP contribution in [0.4, 0.5) is 4.79 Å². The van der Waals surface area contributed by atoms with Gasteiger partial charge in [-0.3, -0.25) is 15.0 Å². The maximum Gasteiger partial charge on any atom is 0.410 e. The molecule has 1 saturated heterocycles. The summed E-state index contributed by atoms with van der Waals surface area (Å²) in [6.45, 7) is 5.09. The largest absolute Gasteiger partial charge is 0.497 e. The number of likely N-dealkylation sites (tertiary alicyclic amines) is 1. The molecule has 2 unspecified atom stereocenters. The highest BCUT2D eigenvalue weighted by molar-refractivity contribution is 5.88. The summed E-state index contributed by atoms with van der Waals surface area (Å²) in [4.78, 5) is 39.6. The normalized spacial score (nSPS) is 19.8. The molecule has 0 radical (unpaired) electrons. The maximum atomic E-state index is 13.0. The Morgan fingerprint density at radius 1 is 1.06 bits per heavy atom. The van der Waals surface area contributed by atoms with Crippen LogP contribution in [0.3, 0.4) is 0 Å². The van der Waals surface area contributed by atoms with Crippen molar-refractivity contribution in [3.63, 3.8) is 0 Å². The predicted molar refractivity (Wildman–Crippen MR) is 128 cm³/mol. The lowest BCUT2D eigenvalue weighted by Gasteiger charge is -2.26. The number of hydrogen-bond acceptors (Lipinski definition) is 7. The molecule has 0 spiro atoms. The lowest BCUT2D eigenvalue weighted by Crippen LogP contribution is -2.54. The summed E-state index contributed by atoms with van der Waals surface area (Å²) in [6, 6.07) is 15.2.